The number of benzene rings is 1. The zero-order chi connectivity index (χ0) is 20.0. The minimum Gasteiger partial charge on any atom is -0.361 e. The highest BCUT2D eigenvalue weighted by atomic mass is 32.2. The van der Waals surface area contributed by atoms with Gasteiger partial charge in [0.1, 0.15) is 10.8 Å². The van der Waals surface area contributed by atoms with Crippen LogP contribution in [-0.4, -0.2) is 62.0 Å². The normalized spacial score (nSPS) is 10.4. The van der Waals surface area contributed by atoms with Crippen LogP contribution < -0.4 is 15.1 Å². The van der Waals surface area contributed by atoms with E-state index in [2.05, 4.69) is 10.3 Å². The summed E-state index contributed by atoms with van der Waals surface area (Å²) >= 11 is 2.70. The SMILES string of the molecule is CON(SC)C(=O)Nc1ccc(Sc2nc(N(C)C)cnc2N(C)C)cc1. The molecule has 1 heterocycles. The minimum atomic E-state index is -0.343. The maximum Gasteiger partial charge on any atom is 0.356 e. The predicted molar refractivity (Wildman–Crippen MR) is 113 cm³/mol. The maximum absolute atomic E-state index is 12.0. The lowest BCUT2D eigenvalue weighted by Crippen LogP contribution is -2.27. The number of nitrogens with zero attached hydrogens (tertiary/aromatic N) is 5. The molecular weight excluding hydrogens is 384 g/mol. The lowest BCUT2D eigenvalue weighted by Gasteiger charge is -2.18. The van der Waals surface area contributed by atoms with Gasteiger partial charge in [-0.15, -0.1) is 4.47 Å². The summed E-state index contributed by atoms with van der Waals surface area (Å²) in [6.07, 6.45) is 3.51. The Balaban J connectivity index is 2.16. The molecule has 2 rings (SSSR count). The fourth-order valence-electron chi connectivity index (χ4n) is 2.08. The molecule has 27 heavy (non-hydrogen) atoms. The highest BCUT2D eigenvalue weighted by molar-refractivity contribution is 7.99. The lowest BCUT2D eigenvalue weighted by molar-refractivity contribution is 0.00527. The van der Waals surface area contributed by atoms with E-state index < -0.39 is 0 Å². The van der Waals surface area contributed by atoms with Crippen LogP contribution in [0.4, 0.5) is 22.1 Å². The van der Waals surface area contributed by atoms with Gasteiger partial charge in [-0.05, 0) is 36.2 Å². The quantitative estimate of drug-likeness (QED) is 0.552. The van der Waals surface area contributed by atoms with Crippen molar-refractivity contribution in [2.24, 2.45) is 0 Å². The summed E-state index contributed by atoms with van der Waals surface area (Å²) in [6.45, 7) is 0. The molecule has 0 bridgehead atoms. The van der Waals surface area contributed by atoms with Gasteiger partial charge in [-0.3, -0.25) is 4.84 Å². The van der Waals surface area contributed by atoms with Gasteiger partial charge in [0.05, 0.1) is 13.3 Å². The number of hydroxylamine groups is 1. The van der Waals surface area contributed by atoms with Gasteiger partial charge in [0.15, 0.2) is 5.82 Å². The summed E-state index contributed by atoms with van der Waals surface area (Å²) in [7, 11) is 9.19. The summed E-state index contributed by atoms with van der Waals surface area (Å²) in [5, 5.41) is 3.59. The molecule has 2 aromatic rings. The van der Waals surface area contributed by atoms with E-state index in [1.807, 2.05) is 62.3 Å². The van der Waals surface area contributed by atoms with E-state index in [0.717, 1.165) is 26.0 Å². The van der Waals surface area contributed by atoms with Crippen molar-refractivity contribution in [1.82, 2.24) is 14.4 Å². The van der Waals surface area contributed by atoms with Crippen LogP contribution in [-0.2, 0) is 4.84 Å². The first-order valence-corrected chi connectivity index (χ1v) is 10.0. The van der Waals surface area contributed by atoms with Crippen molar-refractivity contribution in [3.8, 4) is 0 Å². The molecule has 1 N–H and O–H groups in total. The first-order valence-electron chi connectivity index (χ1n) is 8.04. The summed E-state index contributed by atoms with van der Waals surface area (Å²) in [5.74, 6) is 1.60. The van der Waals surface area contributed by atoms with Gasteiger partial charge in [-0.2, -0.15) is 0 Å². The molecular formula is C17H24N6O2S2. The first-order chi connectivity index (χ1) is 12.8. The molecule has 0 fully saturated rings. The van der Waals surface area contributed by atoms with E-state index in [0.29, 0.717) is 5.69 Å². The van der Waals surface area contributed by atoms with Crippen molar-refractivity contribution >= 4 is 47.1 Å². The molecule has 1 aromatic heterocycles. The molecule has 2 amide bonds. The van der Waals surface area contributed by atoms with Gasteiger partial charge in [-0.1, -0.05) is 11.8 Å². The Morgan fingerprint density at radius 1 is 1.11 bits per heavy atom. The Morgan fingerprint density at radius 2 is 1.78 bits per heavy atom. The van der Waals surface area contributed by atoms with Gasteiger partial charge in [-0.25, -0.2) is 14.8 Å². The van der Waals surface area contributed by atoms with E-state index in [4.69, 9.17) is 9.82 Å². The van der Waals surface area contributed by atoms with Crippen molar-refractivity contribution in [2.75, 3.05) is 56.7 Å². The third kappa shape index (κ3) is 5.65. The Hall–Kier alpha value is -2.17. The molecule has 0 aliphatic rings. The molecule has 1 aromatic carbocycles. The molecule has 146 valence electrons. The van der Waals surface area contributed by atoms with Crippen molar-refractivity contribution in [3.05, 3.63) is 30.5 Å². The van der Waals surface area contributed by atoms with E-state index >= 15 is 0 Å². The summed E-state index contributed by atoms with van der Waals surface area (Å²) in [5.41, 5.74) is 0.682. The number of amides is 2. The number of nitrogens with one attached hydrogen (secondary N) is 1. The van der Waals surface area contributed by atoms with E-state index in [-0.39, 0.29) is 6.03 Å². The van der Waals surface area contributed by atoms with Crippen LogP contribution in [0.2, 0.25) is 0 Å². The summed E-state index contributed by atoms with van der Waals surface area (Å²) < 4.78 is 1.16. The van der Waals surface area contributed by atoms with Gasteiger partial charge >= 0.3 is 6.03 Å². The first kappa shape index (κ1) is 21.1. The third-order valence-corrected chi connectivity index (χ3v) is 5.03. The number of urea groups is 1. The van der Waals surface area contributed by atoms with Crippen LogP contribution >= 0.6 is 23.7 Å². The molecule has 0 atom stereocenters. The van der Waals surface area contributed by atoms with E-state index in [1.165, 1.54) is 30.8 Å². The van der Waals surface area contributed by atoms with Crippen molar-refractivity contribution in [2.45, 2.75) is 9.92 Å². The third-order valence-electron chi connectivity index (χ3n) is 3.41. The lowest BCUT2D eigenvalue weighted by atomic mass is 10.3. The second-order valence-corrected chi connectivity index (χ2v) is 7.58. The highest BCUT2D eigenvalue weighted by Gasteiger charge is 2.14. The Bertz CT molecular complexity index is 767. The van der Waals surface area contributed by atoms with Crippen molar-refractivity contribution in [3.63, 3.8) is 0 Å². The topological polar surface area (TPSA) is 73.8 Å². The van der Waals surface area contributed by atoms with Gasteiger partial charge < -0.3 is 15.1 Å². The molecule has 0 aliphatic carbocycles. The molecule has 0 spiro atoms. The number of carbonyl (C=O) groups is 1. The number of hydrogen-bond acceptors (Lipinski definition) is 8. The van der Waals surface area contributed by atoms with Crippen LogP contribution in [0, 0.1) is 0 Å². The number of hydrogen-bond donors (Lipinski definition) is 1. The monoisotopic (exact) mass is 408 g/mol. The molecule has 0 saturated heterocycles. The minimum absolute atomic E-state index is 0.343. The van der Waals surface area contributed by atoms with Crippen molar-refractivity contribution in [1.29, 1.82) is 0 Å². The standard InChI is InChI=1S/C17H24N6O2S2/c1-21(2)14-11-18-15(22(3)4)16(20-14)27-13-9-7-12(8-10-13)19-17(24)23(25-5)26-6/h7-11H,1-6H3,(H,19,24). The fourth-order valence-corrected chi connectivity index (χ4v) is 3.40. The molecule has 10 heteroatoms. The van der Waals surface area contributed by atoms with Gasteiger partial charge in [0.25, 0.3) is 0 Å². The Kier molecular flexibility index (Phi) is 7.57. The Labute approximate surface area is 168 Å². The smallest absolute Gasteiger partial charge is 0.356 e. The molecule has 0 saturated carbocycles. The number of carbonyl (C=O) groups excluding carboxylic acids is 1. The predicted octanol–water partition coefficient (Wildman–Crippen LogP) is 3.43. The molecule has 8 nitrogen and oxygen atoms in total. The number of rotatable bonds is 7. The van der Waals surface area contributed by atoms with Crippen LogP contribution in [0.15, 0.2) is 40.4 Å². The number of aromatic nitrogens is 2. The van der Waals surface area contributed by atoms with E-state index in [9.17, 15) is 4.79 Å². The zero-order valence-electron chi connectivity index (χ0n) is 16.3. The summed E-state index contributed by atoms with van der Waals surface area (Å²) in [4.78, 5) is 31.0. The van der Waals surface area contributed by atoms with Gasteiger partial charge in [0, 0.05) is 45.0 Å². The van der Waals surface area contributed by atoms with Crippen LogP contribution in [0.1, 0.15) is 0 Å². The van der Waals surface area contributed by atoms with Crippen LogP contribution in [0.25, 0.3) is 0 Å². The average molecular weight is 409 g/mol. The van der Waals surface area contributed by atoms with Gasteiger partial charge in [0.2, 0.25) is 0 Å². The second-order valence-electron chi connectivity index (χ2n) is 5.82. The second kappa shape index (κ2) is 9.67. The molecule has 0 unspecified atom stereocenters. The largest absolute Gasteiger partial charge is 0.361 e. The van der Waals surface area contributed by atoms with Crippen molar-refractivity contribution < 1.29 is 9.63 Å². The molecule has 0 aliphatic heterocycles. The zero-order valence-corrected chi connectivity index (χ0v) is 17.9. The van der Waals surface area contributed by atoms with E-state index in [1.54, 1.807) is 12.5 Å². The molecule has 0 radical (unpaired) electrons. The van der Waals surface area contributed by atoms with Crippen LogP contribution in [0.5, 0.6) is 0 Å². The number of anilines is 3. The average Bonchev–Trinajstić information content (AvgIpc) is 2.64. The summed E-state index contributed by atoms with van der Waals surface area (Å²) in [6, 6.07) is 7.20. The highest BCUT2D eigenvalue weighted by Crippen LogP contribution is 2.33. The Morgan fingerprint density at radius 3 is 2.30 bits per heavy atom. The van der Waals surface area contributed by atoms with Crippen LogP contribution in [0.3, 0.4) is 0 Å². The fraction of sp³-hybridized carbons (Fsp3) is 0.353. The maximum atomic E-state index is 12.0.